The fraction of sp³-hybridized carbons (Fsp3) is 0.409. The van der Waals surface area contributed by atoms with E-state index in [0.717, 1.165) is 44.8 Å². The predicted octanol–water partition coefficient (Wildman–Crippen LogP) is 2.62. The van der Waals surface area contributed by atoms with Gasteiger partial charge in [0, 0.05) is 74.7 Å². The summed E-state index contributed by atoms with van der Waals surface area (Å²) in [5.74, 6) is -1.99. The Bertz CT molecular complexity index is 824. The van der Waals surface area contributed by atoms with Crippen LogP contribution in [0.15, 0.2) is 48.7 Å². The largest absolute Gasteiger partial charge is 0.481 e. The van der Waals surface area contributed by atoms with Crippen LogP contribution in [0.25, 0.3) is 0 Å². The van der Waals surface area contributed by atoms with Gasteiger partial charge < -0.3 is 15.3 Å². The minimum Gasteiger partial charge on any atom is -0.481 e. The summed E-state index contributed by atoms with van der Waals surface area (Å²) in [5.41, 5.74) is 1.69. The molecule has 1 atom stereocenters. The van der Waals surface area contributed by atoms with Crippen LogP contribution in [-0.2, 0) is 16.0 Å². The Kier molecular flexibility index (Phi) is 8.19. The van der Waals surface area contributed by atoms with E-state index in [9.17, 15) is 14.7 Å². The number of nitrogens with zero attached hydrogens (tertiary/aromatic N) is 3. The first kappa shape index (κ1) is 22.2. The normalized spacial score (nSPS) is 16.2. The van der Waals surface area contributed by atoms with E-state index in [1.807, 2.05) is 24.4 Å². The number of piperazine rings is 1. The lowest BCUT2D eigenvalue weighted by atomic mass is 10.0. The summed E-state index contributed by atoms with van der Waals surface area (Å²) in [5, 5.41) is 12.9. The van der Waals surface area contributed by atoms with E-state index < -0.39 is 11.9 Å². The Hall–Kier alpha value is -2.48. The maximum absolute atomic E-state index is 12.3. The Labute approximate surface area is 181 Å². The average Bonchev–Trinajstić information content (AvgIpc) is 2.75. The lowest BCUT2D eigenvalue weighted by molar-refractivity contribution is -0.144. The molecule has 0 radical (unpaired) electrons. The van der Waals surface area contributed by atoms with E-state index >= 15 is 0 Å². The molecule has 1 fully saturated rings. The van der Waals surface area contributed by atoms with Crippen LogP contribution in [-0.4, -0.2) is 71.0 Å². The molecule has 160 valence electrons. The number of anilines is 1. The Morgan fingerprint density at radius 3 is 2.40 bits per heavy atom. The summed E-state index contributed by atoms with van der Waals surface area (Å²) < 4.78 is 0. The second-order valence-corrected chi connectivity index (χ2v) is 7.94. The number of amides is 1. The second kappa shape index (κ2) is 11.1. The van der Waals surface area contributed by atoms with Crippen molar-refractivity contribution < 1.29 is 14.7 Å². The van der Waals surface area contributed by atoms with Gasteiger partial charge in [-0.2, -0.15) is 0 Å². The van der Waals surface area contributed by atoms with Gasteiger partial charge in [-0.05, 0) is 36.4 Å². The number of carboxylic acids is 1. The van der Waals surface area contributed by atoms with E-state index in [-0.39, 0.29) is 12.3 Å². The number of pyridine rings is 1. The summed E-state index contributed by atoms with van der Waals surface area (Å²) in [4.78, 5) is 32.8. The lowest BCUT2D eigenvalue weighted by Crippen LogP contribution is -2.49. The van der Waals surface area contributed by atoms with Gasteiger partial charge in [-0.25, -0.2) is 0 Å². The number of rotatable bonds is 9. The van der Waals surface area contributed by atoms with E-state index in [2.05, 4.69) is 20.1 Å². The molecule has 30 heavy (non-hydrogen) atoms. The fourth-order valence-electron chi connectivity index (χ4n) is 3.52. The minimum absolute atomic E-state index is 0.0577. The summed E-state index contributed by atoms with van der Waals surface area (Å²) in [6.45, 7) is 4.68. The van der Waals surface area contributed by atoms with Crippen molar-refractivity contribution in [3.63, 3.8) is 0 Å². The zero-order chi connectivity index (χ0) is 21.3. The Morgan fingerprint density at radius 2 is 1.77 bits per heavy atom. The van der Waals surface area contributed by atoms with Crippen molar-refractivity contribution in [2.24, 2.45) is 5.92 Å². The Morgan fingerprint density at radius 1 is 1.07 bits per heavy atom. The molecular weight excluding hydrogens is 404 g/mol. The number of benzene rings is 1. The topological polar surface area (TPSA) is 85.8 Å². The van der Waals surface area contributed by atoms with E-state index in [1.165, 1.54) is 0 Å². The third-order valence-corrected chi connectivity index (χ3v) is 5.51. The Balaban J connectivity index is 1.42. The molecule has 2 aromatic rings. The van der Waals surface area contributed by atoms with Crippen LogP contribution in [0.3, 0.4) is 0 Å². The van der Waals surface area contributed by atoms with Crippen LogP contribution in [0, 0.1) is 5.92 Å². The molecule has 3 rings (SSSR count). The maximum Gasteiger partial charge on any atom is 0.308 e. The van der Waals surface area contributed by atoms with Gasteiger partial charge in [0.1, 0.15) is 0 Å². The quantitative estimate of drug-likeness (QED) is 0.636. The molecule has 0 spiro atoms. The van der Waals surface area contributed by atoms with Crippen molar-refractivity contribution in [3.05, 3.63) is 59.4 Å². The van der Waals surface area contributed by atoms with Crippen LogP contribution in [0.5, 0.6) is 0 Å². The minimum atomic E-state index is -0.946. The maximum atomic E-state index is 12.3. The van der Waals surface area contributed by atoms with Crippen molar-refractivity contribution >= 4 is 29.2 Å². The summed E-state index contributed by atoms with van der Waals surface area (Å²) in [7, 11) is 0. The van der Waals surface area contributed by atoms with Gasteiger partial charge in [0.15, 0.2) is 0 Å². The molecule has 1 unspecified atom stereocenters. The summed E-state index contributed by atoms with van der Waals surface area (Å²) >= 11 is 5.84. The van der Waals surface area contributed by atoms with Gasteiger partial charge >= 0.3 is 5.97 Å². The third-order valence-electron chi connectivity index (χ3n) is 5.26. The molecule has 2 N–H and O–H groups in total. The van der Waals surface area contributed by atoms with Crippen LogP contribution >= 0.6 is 11.6 Å². The summed E-state index contributed by atoms with van der Waals surface area (Å²) in [6.07, 6.45) is 2.66. The van der Waals surface area contributed by atoms with Crippen LogP contribution in [0.4, 0.5) is 5.69 Å². The number of hydrogen-bond donors (Lipinski definition) is 2. The molecule has 0 bridgehead atoms. The third kappa shape index (κ3) is 7.09. The molecule has 1 aliphatic heterocycles. The molecule has 1 amide bonds. The van der Waals surface area contributed by atoms with E-state index in [1.54, 1.807) is 24.3 Å². The van der Waals surface area contributed by atoms with Crippen molar-refractivity contribution in [2.45, 2.75) is 12.8 Å². The highest BCUT2D eigenvalue weighted by atomic mass is 35.5. The molecule has 0 aliphatic carbocycles. The highest BCUT2D eigenvalue weighted by molar-refractivity contribution is 6.30. The highest BCUT2D eigenvalue weighted by Gasteiger charge is 2.26. The standard InChI is InChI=1S/C22H27ClN4O3/c23-18-4-6-20(7-5-18)25-21(28)15-17(22(29)30)16-27-13-11-26(12-14-27)10-8-19-3-1-2-9-24-19/h1-7,9,17H,8,10-16H2,(H,25,28)(H,29,30). The van der Waals surface area contributed by atoms with Gasteiger partial charge in [0.05, 0.1) is 5.92 Å². The van der Waals surface area contributed by atoms with Crippen LogP contribution in [0.2, 0.25) is 5.02 Å². The SMILES string of the molecule is O=C(CC(CN1CCN(CCc2ccccn2)CC1)C(=O)O)Nc1ccc(Cl)cc1. The van der Waals surface area contributed by atoms with Crippen LogP contribution < -0.4 is 5.32 Å². The average molecular weight is 431 g/mol. The first-order valence-electron chi connectivity index (χ1n) is 10.1. The van der Waals surface area contributed by atoms with E-state index in [0.29, 0.717) is 17.3 Å². The number of carbonyl (C=O) groups excluding carboxylic acids is 1. The smallest absolute Gasteiger partial charge is 0.308 e. The molecule has 1 aromatic heterocycles. The number of aliphatic carboxylic acids is 1. The van der Waals surface area contributed by atoms with Crippen molar-refractivity contribution in [2.75, 3.05) is 44.6 Å². The van der Waals surface area contributed by atoms with E-state index in [4.69, 9.17) is 11.6 Å². The number of halogens is 1. The highest BCUT2D eigenvalue weighted by Crippen LogP contribution is 2.16. The zero-order valence-corrected chi connectivity index (χ0v) is 17.6. The molecule has 2 heterocycles. The molecule has 7 nitrogen and oxygen atoms in total. The van der Waals surface area contributed by atoms with Gasteiger partial charge in [0.2, 0.25) is 5.91 Å². The molecule has 1 saturated heterocycles. The molecule has 0 saturated carbocycles. The van der Waals surface area contributed by atoms with Crippen molar-refractivity contribution in [1.82, 2.24) is 14.8 Å². The number of hydrogen-bond acceptors (Lipinski definition) is 5. The van der Waals surface area contributed by atoms with Crippen LogP contribution in [0.1, 0.15) is 12.1 Å². The fourth-order valence-corrected chi connectivity index (χ4v) is 3.65. The van der Waals surface area contributed by atoms with Gasteiger partial charge in [-0.1, -0.05) is 17.7 Å². The number of nitrogens with one attached hydrogen (secondary N) is 1. The number of carboxylic acid groups (broad SMARTS) is 1. The first-order chi connectivity index (χ1) is 14.5. The lowest BCUT2D eigenvalue weighted by Gasteiger charge is -2.35. The monoisotopic (exact) mass is 430 g/mol. The second-order valence-electron chi connectivity index (χ2n) is 7.51. The summed E-state index contributed by atoms with van der Waals surface area (Å²) in [6, 6.07) is 12.7. The van der Waals surface area contributed by atoms with Crippen molar-refractivity contribution in [3.8, 4) is 0 Å². The number of carbonyl (C=O) groups is 2. The van der Waals surface area contributed by atoms with Crippen molar-refractivity contribution in [1.29, 1.82) is 0 Å². The first-order valence-corrected chi connectivity index (χ1v) is 10.5. The zero-order valence-electron chi connectivity index (χ0n) is 16.8. The van der Waals surface area contributed by atoms with Gasteiger partial charge in [0.25, 0.3) is 0 Å². The molecule has 8 heteroatoms. The van der Waals surface area contributed by atoms with Gasteiger partial charge in [-0.15, -0.1) is 0 Å². The predicted molar refractivity (Wildman–Crippen MR) is 117 cm³/mol. The van der Waals surface area contributed by atoms with Gasteiger partial charge in [-0.3, -0.25) is 19.5 Å². The molecule has 1 aromatic carbocycles. The molecular formula is C22H27ClN4O3. The number of aromatic nitrogens is 1. The molecule has 1 aliphatic rings.